The molecule has 3 heterocycles. The largest absolute Gasteiger partial charge is 0.343 e. The fourth-order valence-corrected chi connectivity index (χ4v) is 5.95. The molecule has 4 rings (SSSR count). The van der Waals surface area contributed by atoms with Crippen LogP contribution in [0.3, 0.4) is 0 Å². The first-order valence-corrected chi connectivity index (χ1v) is 10.7. The molecule has 1 aromatic heterocycles. The number of amides is 1. The van der Waals surface area contributed by atoms with Crippen LogP contribution in [-0.4, -0.2) is 47.8 Å². The highest BCUT2D eigenvalue weighted by atomic mass is 32.2. The van der Waals surface area contributed by atoms with Gasteiger partial charge >= 0.3 is 0 Å². The van der Waals surface area contributed by atoms with Gasteiger partial charge in [-0.2, -0.15) is 5.10 Å². The second-order valence-corrected chi connectivity index (χ2v) is 9.33. The van der Waals surface area contributed by atoms with E-state index in [1.54, 1.807) is 12.1 Å². The van der Waals surface area contributed by atoms with Crippen LogP contribution in [0.1, 0.15) is 42.3 Å². The molecule has 2 aromatic rings. The van der Waals surface area contributed by atoms with Crippen molar-refractivity contribution in [3.8, 4) is 0 Å². The molecule has 1 aromatic carbocycles. The van der Waals surface area contributed by atoms with Crippen LogP contribution in [-0.2, 0) is 14.6 Å². The van der Waals surface area contributed by atoms with Gasteiger partial charge in [-0.3, -0.25) is 9.48 Å². The molecule has 0 saturated carbocycles. The van der Waals surface area contributed by atoms with E-state index < -0.39 is 9.84 Å². The average Bonchev–Trinajstić information content (AvgIpc) is 3.17. The molecule has 0 N–H and O–H groups in total. The minimum absolute atomic E-state index is 0.0428. The van der Waals surface area contributed by atoms with Gasteiger partial charge in [-0.15, -0.1) is 0 Å². The number of aryl methyl sites for hydroxylation is 1. The maximum atomic E-state index is 12.7. The Morgan fingerprint density at radius 2 is 1.96 bits per heavy atom. The number of fused-ring (bicyclic) bond motifs is 1. The predicted molar refractivity (Wildman–Crippen MR) is 97.7 cm³/mol. The summed E-state index contributed by atoms with van der Waals surface area (Å²) >= 11 is 0. The van der Waals surface area contributed by atoms with Gasteiger partial charge in [0.1, 0.15) is 0 Å². The van der Waals surface area contributed by atoms with Gasteiger partial charge in [-0.1, -0.05) is 18.2 Å². The number of carbonyl (C=O) groups excluding carboxylic acids is 1. The molecule has 2 aliphatic rings. The number of piperidine rings is 1. The molecule has 0 aliphatic carbocycles. The van der Waals surface area contributed by atoms with Crippen molar-refractivity contribution in [2.75, 3.05) is 18.8 Å². The summed E-state index contributed by atoms with van der Waals surface area (Å²) in [5.74, 6) is -0.131. The minimum atomic E-state index is -3.26. The zero-order valence-electron chi connectivity index (χ0n) is 14.8. The van der Waals surface area contributed by atoms with E-state index in [4.69, 9.17) is 0 Å². The van der Waals surface area contributed by atoms with Crippen LogP contribution in [0.15, 0.2) is 41.6 Å². The summed E-state index contributed by atoms with van der Waals surface area (Å²) in [6.07, 6.45) is 5.93. The number of sulfone groups is 1. The molecule has 1 atom stereocenters. The Labute approximate surface area is 153 Å². The predicted octanol–water partition coefficient (Wildman–Crippen LogP) is 2.32. The number of nitrogens with zero attached hydrogens (tertiary/aromatic N) is 3. The topological polar surface area (TPSA) is 72.3 Å². The van der Waals surface area contributed by atoms with E-state index in [1.807, 2.05) is 41.0 Å². The second kappa shape index (κ2) is 6.54. The lowest BCUT2D eigenvalue weighted by atomic mass is 9.96. The zero-order valence-corrected chi connectivity index (χ0v) is 15.7. The van der Waals surface area contributed by atoms with E-state index in [1.165, 1.54) is 0 Å². The van der Waals surface area contributed by atoms with Crippen LogP contribution < -0.4 is 0 Å². The maximum absolute atomic E-state index is 12.7. The third kappa shape index (κ3) is 3.16. The van der Waals surface area contributed by atoms with Gasteiger partial charge in [0, 0.05) is 31.6 Å². The molecule has 26 heavy (non-hydrogen) atoms. The Morgan fingerprint density at radius 3 is 2.65 bits per heavy atom. The Morgan fingerprint density at radius 1 is 1.23 bits per heavy atom. The minimum Gasteiger partial charge on any atom is -0.343 e. The molecule has 138 valence electrons. The smallest absolute Gasteiger partial charge is 0.223 e. The molecule has 6 nitrogen and oxygen atoms in total. The van der Waals surface area contributed by atoms with Crippen molar-refractivity contribution in [2.24, 2.45) is 0 Å². The van der Waals surface area contributed by atoms with Crippen LogP contribution in [0.25, 0.3) is 0 Å². The zero-order chi connectivity index (χ0) is 18.3. The van der Waals surface area contributed by atoms with Gasteiger partial charge in [0.2, 0.25) is 5.91 Å². The third-order valence-corrected chi connectivity index (χ3v) is 7.34. The van der Waals surface area contributed by atoms with Crippen molar-refractivity contribution in [3.63, 3.8) is 0 Å². The number of rotatable bonds is 3. The van der Waals surface area contributed by atoms with E-state index in [9.17, 15) is 13.2 Å². The molecule has 0 spiro atoms. The molecule has 0 bridgehead atoms. The SMILES string of the molecule is Cc1cnn(C2CCN(C(=O)CC3CS(=O)(=O)c4ccccc43)CC2)c1. The number of hydrogen-bond donors (Lipinski definition) is 0. The molecule has 1 saturated heterocycles. The average molecular weight is 373 g/mol. The highest BCUT2D eigenvalue weighted by Gasteiger charge is 2.36. The van der Waals surface area contributed by atoms with Crippen molar-refractivity contribution in [2.45, 2.75) is 43.0 Å². The van der Waals surface area contributed by atoms with Crippen molar-refractivity contribution in [3.05, 3.63) is 47.8 Å². The number of carbonyl (C=O) groups is 1. The Hall–Kier alpha value is -2.15. The number of benzene rings is 1. The van der Waals surface area contributed by atoms with Gasteiger partial charge in [0.15, 0.2) is 9.84 Å². The summed E-state index contributed by atoms with van der Waals surface area (Å²) in [5, 5.41) is 4.38. The Balaban J connectivity index is 1.39. The number of likely N-dealkylation sites (tertiary alicyclic amines) is 1. The monoisotopic (exact) mass is 373 g/mol. The molecule has 7 heteroatoms. The number of aromatic nitrogens is 2. The summed E-state index contributed by atoms with van der Waals surface area (Å²) in [6.45, 7) is 3.42. The van der Waals surface area contributed by atoms with E-state index in [0.29, 0.717) is 24.0 Å². The van der Waals surface area contributed by atoms with E-state index in [2.05, 4.69) is 5.10 Å². The Kier molecular flexibility index (Phi) is 4.34. The van der Waals surface area contributed by atoms with Gasteiger partial charge in [0.25, 0.3) is 0 Å². The fourth-order valence-electron chi connectivity index (χ4n) is 4.07. The van der Waals surface area contributed by atoms with Crippen molar-refractivity contribution in [1.29, 1.82) is 0 Å². The standard InChI is InChI=1S/C19H23N3O3S/c1-14-11-20-22(12-14)16-6-8-21(9-7-16)19(23)10-15-13-26(24,25)18-5-3-2-4-17(15)18/h2-5,11-12,15-16H,6-10,13H2,1H3. The first-order valence-electron chi connectivity index (χ1n) is 9.04. The summed E-state index contributed by atoms with van der Waals surface area (Å²) in [4.78, 5) is 15.0. The second-order valence-electron chi connectivity index (χ2n) is 7.33. The summed E-state index contributed by atoms with van der Waals surface area (Å²) < 4.78 is 26.6. The summed E-state index contributed by atoms with van der Waals surface area (Å²) in [5.41, 5.74) is 1.94. The van der Waals surface area contributed by atoms with Crippen molar-refractivity contribution in [1.82, 2.24) is 14.7 Å². The van der Waals surface area contributed by atoms with Gasteiger partial charge in [-0.05, 0) is 37.0 Å². The highest BCUT2D eigenvalue weighted by Crippen LogP contribution is 2.37. The van der Waals surface area contributed by atoms with Crippen LogP contribution >= 0.6 is 0 Å². The number of hydrogen-bond acceptors (Lipinski definition) is 4. The van der Waals surface area contributed by atoms with E-state index >= 15 is 0 Å². The van der Waals surface area contributed by atoms with Gasteiger partial charge in [0.05, 0.1) is 22.9 Å². The summed E-state index contributed by atoms with van der Waals surface area (Å²) in [7, 11) is -3.26. The molecule has 0 radical (unpaired) electrons. The lowest BCUT2D eigenvalue weighted by molar-refractivity contribution is -0.132. The molecule has 1 fully saturated rings. The molecule has 1 amide bonds. The van der Waals surface area contributed by atoms with Crippen LogP contribution in [0.5, 0.6) is 0 Å². The highest BCUT2D eigenvalue weighted by molar-refractivity contribution is 7.91. The first kappa shape index (κ1) is 17.3. The van der Waals surface area contributed by atoms with Crippen LogP contribution in [0.4, 0.5) is 0 Å². The molecule has 2 aliphatic heterocycles. The van der Waals surface area contributed by atoms with E-state index in [0.717, 1.165) is 24.0 Å². The Bertz CT molecular complexity index is 927. The lowest BCUT2D eigenvalue weighted by Gasteiger charge is -2.32. The van der Waals surface area contributed by atoms with Crippen LogP contribution in [0, 0.1) is 6.92 Å². The van der Waals surface area contributed by atoms with Crippen LogP contribution in [0.2, 0.25) is 0 Å². The van der Waals surface area contributed by atoms with Gasteiger partial charge in [-0.25, -0.2) is 8.42 Å². The molecular formula is C19H23N3O3S. The van der Waals surface area contributed by atoms with E-state index in [-0.39, 0.29) is 24.0 Å². The normalized spacial score (nSPS) is 22.3. The fraction of sp³-hybridized carbons (Fsp3) is 0.474. The first-order chi connectivity index (χ1) is 12.4. The third-order valence-electron chi connectivity index (χ3n) is 5.46. The maximum Gasteiger partial charge on any atom is 0.223 e. The lowest BCUT2D eigenvalue weighted by Crippen LogP contribution is -2.39. The molecular weight excluding hydrogens is 350 g/mol. The molecule has 1 unspecified atom stereocenters. The summed E-state index contributed by atoms with van der Waals surface area (Å²) in [6, 6.07) is 7.40. The van der Waals surface area contributed by atoms with Crippen molar-refractivity contribution < 1.29 is 13.2 Å². The van der Waals surface area contributed by atoms with Gasteiger partial charge < -0.3 is 4.90 Å². The quantitative estimate of drug-likeness (QED) is 0.828. The van der Waals surface area contributed by atoms with Crippen molar-refractivity contribution >= 4 is 15.7 Å².